The van der Waals surface area contributed by atoms with E-state index in [9.17, 15) is 14.0 Å². The third kappa shape index (κ3) is 3.20. The Morgan fingerprint density at radius 2 is 2.08 bits per heavy atom. The number of amides is 1. The van der Waals surface area contributed by atoms with E-state index >= 15 is 0 Å². The number of nitrogens with one attached hydrogen (secondary N) is 1. The van der Waals surface area contributed by atoms with Crippen molar-refractivity contribution < 1.29 is 13.9 Å². The van der Waals surface area contributed by atoms with Gasteiger partial charge in [0.05, 0.1) is 4.70 Å². The number of nitrogens with zero attached hydrogens (tertiary/aromatic N) is 2. The Morgan fingerprint density at radius 3 is 2.81 bits per heavy atom. The normalized spacial score (nSPS) is 15.3. The largest absolute Gasteiger partial charge is 0.467 e. The Hall–Kier alpha value is -2.74. The van der Waals surface area contributed by atoms with E-state index in [2.05, 4.69) is 9.97 Å². The van der Waals surface area contributed by atoms with Crippen LogP contribution in [0.15, 0.2) is 41.3 Å². The molecule has 1 aliphatic rings. The van der Waals surface area contributed by atoms with E-state index in [0.717, 1.165) is 4.70 Å². The molecule has 0 spiro atoms. The van der Waals surface area contributed by atoms with E-state index in [-0.39, 0.29) is 29.0 Å². The second kappa shape index (κ2) is 6.87. The second-order valence-corrected chi connectivity index (χ2v) is 7.08. The zero-order valence-electron chi connectivity index (χ0n) is 13.8. The van der Waals surface area contributed by atoms with E-state index in [1.165, 1.54) is 29.7 Å². The standard InChI is InChI=1S/C18H16FN3O3S/c19-13-4-1-5-14-15(13)21-18(26-14)25-11-6-9-22(10-7-11)17(24)12-3-2-8-20-16(12)23/h1-5,8,11H,6-7,9-10H2,(H,20,23). The van der Waals surface area contributed by atoms with Crippen molar-refractivity contribution in [3.05, 3.63) is 58.3 Å². The molecule has 4 rings (SSSR count). The summed E-state index contributed by atoms with van der Waals surface area (Å²) in [5.74, 6) is -0.630. The van der Waals surface area contributed by atoms with Crippen molar-refractivity contribution in [2.45, 2.75) is 18.9 Å². The Morgan fingerprint density at radius 1 is 1.27 bits per heavy atom. The Balaban J connectivity index is 1.40. The number of para-hydroxylation sites is 1. The number of aromatic amines is 1. The summed E-state index contributed by atoms with van der Waals surface area (Å²) in [7, 11) is 0. The van der Waals surface area contributed by atoms with Gasteiger partial charge >= 0.3 is 0 Å². The molecular weight excluding hydrogens is 357 g/mol. The van der Waals surface area contributed by atoms with E-state index in [0.29, 0.717) is 36.6 Å². The van der Waals surface area contributed by atoms with Crippen LogP contribution < -0.4 is 10.3 Å². The van der Waals surface area contributed by atoms with Gasteiger partial charge in [-0.1, -0.05) is 17.4 Å². The highest BCUT2D eigenvalue weighted by Crippen LogP contribution is 2.31. The lowest BCUT2D eigenvalue weighted by molar-refractivity contribution is 0.0594. The maximum Gasteiger partial charge on any atom is 0.274 e. The minimum Gasteiger partial charge on any atom is -0.467 e. The fourth-order valence-electron chi connectivity index (χ4n) is 3.02. The van der Waals surface area contributed by atoms with Gasteiger partial charge in [-0.05, 0) is 24.3 Å². The number of halogens is 1. The van der Waals surface area contributed by atoms with E-state index in [1.807, 2.05) is 6.07 Å². The quantitative estimate of drug-likeness (QED) is 0.766. The summed E-state index contributed by atoms with van der Waals surface area (Å²) in [6.45, 7) is 0.994. The van der Waals surface area contributed by atoms with Gasteiger partial charge in [-0.2, -0.15) is 4.98 Å². The van der Waals surface area contributed by atoms with Gasteiger partial charge in [0.2, 0.25) is 0 Å². The first-order valence-electron chi connectivity index (χ1n) is 8.30. The Bertz CT molecular complexity index is 1010. The highest BCUT2D eigenvalue weighted by atomic mass is 32.1. The van der Waals surface area contributed by atoms with Crippen LogP contribution >= 0.6 is 11.3 Å². The molecular formula is C18H16FN3O3S. The van der Waals surface area contributed by atoms with Gasteiger partial charge in [-0.15, -0.1) is 0 Å². The number of pyridine rings is 1. The van der Waals surface area contributed by atoms with Crippen LogP contribution in [0.4, 0.5) is 4.39 Å². The van der Waals surface area contributed by atoms with Crippen molar-refractivity contribution in [1.29, 1.82) is 0 Å². The molecule has 3 heterocycles. The van der Waals surface area contributed by atoms with Crippen LogP contribution in [0.2, 0.25) is 0 Å². The summed E-state index contributed by atoms with van der Waals surface area (Å²) in [6.07, 6.45) is 2.68. The smallest absolute Gasteiger partial charge is 0.274 e. The lowest BCUT2D eigenvalue weighted by Gasteiger charge is -2.31. The molecule has 0 atom stereocenters. The average Bonchev–Trinajstić information content (AvgIpc) is 3.06. The molecule has 6 nitrogen and oxygen atoms in total. The van der Waals surface area contributed by atoms with Crippen LogP contribution in [0, 0.1) is 5.82 Å². The first-order valence-corrected chi connectivity index (χ1v) is 9.12. The number of aromatic nitrogens is 2. The van der Waals surface area contributed by atoms with Crippen molar-refractivity contribution in [1.82, 2.24) is 14.9 Å². The number of ether oxygens (including phenoxy) is 1. The highest BCUT2D eigenvalue weighted by molar-refractivity contribution is 7.20. The molecule has 0 bridgehead atoms. The summed E-state index contributed by atoms with van der Waals surface area (Å²) >= 11 is 1.31. The van der Waals surface area contributed by atoms with Crippen molar-refractivity contribution >= 4 is 27.5 Å². The maximum absolute atomic E-state index is 13.7. The number of fused-ring (bicyclic) bond motifs is 1. The SMILES string of the molecule is O=C(c1ccc[nH]c1=O)N1CCC(Oc2nc3c(F)cccc3s2)CC1. The molecule has 1 amide bonds. The first kappa shape index (κ1) is 16.7. The van der Waals surface area contributed by atoms with E-state index in [1.54, 1.807) is 17.0 Å². The number of benzene rings is 1. The molecule has 0 saturated carbocycles. The summed E-state index contributed by atoms with van der Waals surface area (Å²) in [5.41, 5.74) is 0.0873. The number of carbonyl (C=O) groups excluding carboxylic acids is 1. The predicted molar refractivity (Wildman–Crippen MR) is 96.2 cm³/mol. The number of carbonyl (C=O) groups is 1. The highest BCUT2D eigenvalue weighted by Gasteiger charge is 2.26. The summed E-state index contributed by atoms with van der Waals surface area (Å²) in [4.78, 5) is 32.6. The van der Waals surface area contributed by atoms with Crippen molar-refractivity contribution in [3.8, 4) is 5.19 Å². The van der Waals surface area contributed by atoms with Crippen molar-refractivity contribution in [2.24, 2.45) is 0 Å². The number of hydrogen-bond donors (Lipinski definition) is 1. The number of rotatable bonds is 3. The molecule has 8 heteroatoms. The van der Waals surface area contributed by atoms with E-state index in [4.69, 9.17) is 4.74 Å². The van der Waals surface area contributed by atoms with Gasteiger partial charge < -0.3 is 14.6 Å². The number of piperidine rings is 1. The molecule has 0 unspecified atom stereocenters. The second-order valence-electron chi connectivity index (χ2n) is 6.09. The number of H-pyrrole nitrogens is 1. The zero-order valence-corrected chi connectivity index (χ0v) is 14.6. The van der Waals surface area contributed by atoms with E-state index < -0.39 is 0 Å². The number of likely N-dealkylation sites (tertiary alicyclic amines) is 1. The molecule has 1 aliphatic heterocycles. The van der Waals surface area contributed by atoms with Crippen LogP contribution in [-0.2, 0) is 0 Å². The molecule has 1 saturated heterocycles. The summed E-state index contributed by atoms with van der Waals surface area (Å²) in [5, 5.41) is 0.439. The lowest BCUT2D eigenvalue weighted by Crippen LogP contribution is -2.43. The van der Waals surface area contributed by atoms with Gasteiger partial charge in [-0.25, -0.2) is 4.39 Å². The summed E-state index contributed by atoms with van der Waals surface area (Å²) < 4.78 is 20.4. The topological polar surface area (TPSA) is 75.3 Å². The molecule has 0 aliphatic carbocycles. The van der Waals surface area contributed by atoms with Gasteiger partial charge in [0.25, 0.3) is 16.7 Å². The third-order valence-corrected chi connectivity index (χ3v) is 5.31. The fraction of sp³-hybridized carbons (Fsp3) is 0.278. The van der Waals surface area contributed by atoms with Crippen LogP contribution in [0.1, 0.15) is 23.2 Å². The predicted octanol–water partition coefficient (Wildman–Crippen LogP) is 2.81. The molecule has 26 heavy (non-hydrogen) atoms. The van der Waals surface area contributed by atoms with Crippen LogP contribution in [0.5, 0.6) is 5.19 Å². The first-order chi connectivity index (χ1) is 12.6. The van der Waals surface area contributed by atoms with Gasteiger partial charge in [-0.3, -0.25) is 9.59 Å². The minimum atomic E-state index is -0.382. The Labute approximate surface area is 152 Å². The molecule has 134 valence electrons. The third-order valence-electron chi connectivity index (χ3n) is 4.40. The molecule has 1 aromatic carbocycles. The molecule has 0 radical (unpaired) electrons. The van der Waals surface area contributed by atoms with Gasteiger partial charge in [0.15, 0.2) is 0 Å². The average molecular weight is 373 g/mol. The van der Waals surface area contributed by atoms with Crippen LogP contribution in [0.3, 0.4) is 0 Å². The van der Waals surface area contributed by atoms with Crippen molar-refractivity contribution in [2.75, 3.05) is 13.1 Å². The van der Waals surface area contributed by atoms with Crippen LogP contribution in [0.25, 0.3) is 10.2 Å². The Kier molecular flexibility index (Phi) is 4.42. The zero-order chi connectivity index (χ0) is 18.1. The van der Waals surface area contributed by atoms with Gasteiger partial charge in [0.1, 0.15) is 23.0 Å². The molecule has 1 N–H and O–H groups in total. The number of thiazole rings is 1. The van der Waals surface area contributed by atoms with Crippen LogP contribution in [-0.4, -0.2) is 40.0 Å². The monoisotopic (exact) mass is 373 g/mol. The molecule has 1 fully saturated rings. The number of hydrogen-bond acceptors (Lipinski definition) is 5. The maximum atomic E-state index is 13.7. The molecule has 2 aromatic heterocycles. The minimum absolute atomic E-state index is 0.0864. The van der Waals surface area contributed by atoms with Gasteiger partial charge in [0, 0.05) is 32.1 Å². The molecule has 3 aromatic rings. The van der Waals surface area contributed by atoms with Crippen molar-refractivity contribution in [3.63, 3.8) is 0 Å². The summed E-state index contributed by atoms with van der Waals surface area (Å²) in [6, 6.07) is 7.99. The lowest BCUT2D eigenvalue weighted by atomic mass is 10.1. The fourth-order valence-corrected chi connectivity index (χ4v) is 3.92.